The molecular formula is C39H76O5. The number of hydrogen-bond donors (Lipinski definition) is 0. The van der Waals surface area contributed by atoms with Crippen molar-refractivity contribution in [3.05, 3.63) is 0 Å². The Morgan fingerprint density at radius 3 is 1.16 bits per heavy atom. The van der Waals surface area contributed by atoms with Gasteiger partial charge in [0, 0.05) is 19.4 Å². The highest BCUT2D eigenvalue weighted by Gasteiger charge is 2.17. The Balaban J connectivity index is 4.17. The smallest absolute Gasteiger partial charge is 0.306 e. The fourth-order valence-corrected chi connectivity index (χ4v) is 5.69. The number of carbonyl (C=O) groups excluding carboxylic acids is 2. The number of ether oxygens (including phenoxy) is 3. The molecule has 0 aromatic carbocycles. The highest BCUT2D eigenvalue weighted by molar-refractivity contribution is 5.70. The van der Waals surface area contributed by atoms with Gasteiger partial charge in [-0.25, -0.2) is 0 Å². The molecule has 0 N–H and O–H groups in total. The molecule has 0 rings (SSSR count). The van der Waals surface area contributed by atoms with Gasteiger partial charge in [-0.05, 0) is 19.3 Å². The predicted octanol–water partition coefficient (Wildman–Crippen LogP) is 12.2. The highest BCUT2D eigenvalue weighted by Crippen LogP contribution is 2.14. The molecule has 0 aliphatic heterocycles. The summed E-state index contributed by atoms with van der Waals surface area (Å²) >= 11 is 0. The first-order chi connectivity index (χ1) is 21.6. The van der Waals surface area contributed by atoms with Crippen molar-refractivity contribution in [2.75, 3.05) is 19.8 Å². The number of hydrogen-bond acceptors (Lipinski definition) is 5. The van der Waals surface area contributed by atoms with Gasteiger partial charge in [-0.2, -0.15) is 0 Å². The lowest BCUT2D eigenvalue weighted by Crippen LogP contribution is -2.30. The Morgan fingerprint density at radius 2 is 0.750 bits per heavy atom. The molecule has 5 nitrogen and oxygen atoms in total. The average molecular weight is 625 g/mol. The van der Waals surface area contributed by atoms with Crippen molar-refractivity contribution in [2.45, 2.75) is 219 Å². The molecule has 0 aromatic rings. The maximum Gasteiger partial charge on any atom is 0.306 e. The molecule has 0 fully saturated rings. The number of esters is 2. The molecular weight excluding hydrogens is 548 g/mol. The minimum absolute atomic E-state index is 0.0950. The Hall–Kier alpha value is -1.10. The van der Waals surface area contributed by atoms with Crippen molar-refractivity contribution in [3.63, 3.8) is 0 Å². The minimum atomic E-state index is -0.517. The van der Waals surface area contributed by atoms with Gasteiger partial charge < -0.3 is 14.2 Å². The van der Waals surface area contributed by atoms with Crippen LogP contribution in [0.3, 0.4) is 0 Å². The molecule has 0 bridgehead atoms. The Bertz CT molecular complexity index is 593. The third-order valence-corrected chi connectivity index (χ3v) is 8.64. The van der Waals surface area contributed by atoms with E-state index in [0.29, 0.717) is 26.1 Å². The molecule has 262 valence electrons. The van der Waals surface area contributed by atoms with Crippen LogP contribution < -0.4 is 0 Å². The molecule has 5 heteroatoms. The summed E-state index contributed by atoms with van der Waals surface area (Å²) in [6.07, 6.45) is 35.2. The first-order valence-corrected chi connectivity index (χ1v) is 19.6. The van der Waals surface area contributed by atoms with Gasteiger partial charge in [-0.3, -0.25) is 9.59 Å². The lowest BCUT2D eigenvalue weighted by molar-refractivity contribution is -0.163. The van der Waals surface area contributed by atoms with Gasteiger partial charge in [0.25, 0.3) is 0 Å². The zero-order valence-corrected chi connectivity index (χ0v) is 30.0. The van der Waals surface area contributed by atoms with E-state index in [0.717, 1.165) is 32.1 Å². The van der Waals surface area contributed by atoms with Crippen LogP contribution >= 0.6 is 0 Å². The van der Waals surface area contributed by atoms with Gasteiger partial charge in [0.2, 0.25) is 0 Å². The largest absolute Gasteiger partial charge is 0.462 e. The maximum absolute atomic E-state index is 12.6. The van der Waals surface area contributed by atoms with E-state index in [1.807, 2.05) is 0 Å². The molecule has 44 heavy (non-hydrogen) atoms. The molecule has 0 aliphatic rings. The van der Waals surface area contributed by atoms with Crippen LogP contribution in [0, 0.1) is 0 Å². The first kappa shape index (κ1) is 42.9. The van der Waals surface area contributed by atoms with E-state index < -0.39 is 6.10 Å². The molecule has 0 aliphatic carbocycles. The fourth-order valence-electron chi connectivity index (χ4n) is 5.69. The summed E-state index contributed by atoms with van der Waals surface area (Å²) < 4.78 is 17.1. The van der Waals surface area contributed by atoms with Crippen LogP contribution in [0.15, 0.2) is 0 Å². The minimum Gasteiger partial charge on any atom is -0.462 e. The quantitative estimate of drug-likeness (QED) is 0.0512. The van der Waals surface area contributed by atoms with Gasteiger partial charge in [0.15, 0.2) is 6.10 Å². The van der Waals surface area contributed by atoms with Crippen molar-refractivity contribution in [1.29, 1.82) is 0 Å². The van der Waals surface area contributed by atoms with Crippen LogP contribution in [0.2, 0.25) is 0 Å². The van der Waals surface area contributed by atoms with Crippen LogP contribution in [0.1, 0.15) is 213 Å². The van der Waals surface area contributed by atoms with Crippen molar-refractivity contribution in [1.82, 2.24) is 0 Å². The SMILES string of the molecule is CCCCCCCCCCCCCC(=O)OCC(COCCCCCCCCCC)OC(=O)CCCCCCCCCCC. The first-order valence-electron chi connectivity index (χ1n) is 19.6. The topological polar surface area (TPSA) is 61.8 Å². The maximum atomic E-state index is 12.6. The number of unbranched alkanes of at least 4 members (excludes halogenated alkanes) is 25. The van der Waals surface area contributed by atoms with Gasteiger partial charge in [-0.1, -0.05) is 181 Å². The summed E-state index contributed by atoms with van der Waals surface area (Å²) in [7, 11) is 0. The number of carbonyl (C=O) groups is 2. The van der Waals surface area contributed by atoms with Crippen LogP contribution in [0.5, 0.6) is 0 Å². The van der Waals surface area contributed by atoms with Crippen LogP contribution in [-0.4, -0.2) is 37.9 Å². The zero-order chi connectivity index (χ0) is 32.2. The predicted molar refractivity (Wildman–Crippen MR) is 187 cm³/mol. The van der Waals surface area contributed by atoms with Gasteiger partial charge >= 0.3 is 11.9 Å². The second kappa shape index (κ2) is 36.4. The van der Waals surface area contributed by atoms with Gasteiger partial charge in [0.05, 0.1) is 6.61 Å². The third kappa shape index (κ3) is 33.8. The van der Waals surface area contributed by atoms with Crippen molar-refractivity contribution in [3.8, 4) is 0 Å². The molecule has 0 aromatic heterocycles. The van der Waals surface area contributed by atoms with Gasteiger partial charge in [0.1, 0.15) is 6.61 Å². The van der Waals surface area contributed by atoms with Crippen molar-refractivity contribution < 1.29 is 23.8 Å². The van der Waals surface area contributed by atoms with Crippen LogP contribution in [0.4, 0.5) is 0 Å². The third-order valence-electron chi connectivity index (χ3n) is 8.64. The second-order valence-corrected chi connectivity index (χ2v) is 13.2. The summed E-state index contributed by atoms with van der Waals surface area (Å²) in [6, 6.07) is 0. The number of rotatable bonds is 36. The molecule has 0 heterocycles. The lowest BCUT2D eigenvalue weighted by Gasteiger charge is -2.18. The Kier molecular flexibility index (Phi) is 35.5. The molecule has 0 saturated carbocycles. The summed E-state index contributed by atoms with van der Waals surface area (Å²) in [5.41, 5.74) is 0. The Labute approximate surface area is 274 Å². The lowest BCUT2D eigenvalue weighted by atomic mass is 10.1. The van der Waals surface area contributed by atoms with E-state index >= 15 is 0 Å². The summed E-state index contributed by atoms with van der Waals surface area (Å²) in [6.45, 7) is 7.81. The monoisotopic (exact) mass is 625 g/mol. The average Bonchev–Trinajstić information content (AvgIpc) is 3.02. The van der Waals surface area contributed by atoms with E-state index in [-0.39, 0.29) is 18.5 Å². The molecule has 0 amide bonds. The zero-order valence-electron chi connectivity index (χ0n) is 30.0. The van der Waals surface area contributed by atoms with E-state index in [9.17, 15) is 9.59 Å². The molecule has 0 spiro atoms. The molecule has 0 saturated heterocycles. The van der Waals surface area contributed by atoms with E-state index in [4.69, 9.17) is 14.2 Å². The van der Waals surface area contributed by atoms with E-state index in [2.05, 4.69) is 20.8 Å². The highest BCUT2D eigenvalue weighted by atomic mass is 16.6. The van der Waals surface area contributed by atoms with Gasteiger partial charge in [-0.15, -0.1) is 0 Å². The van der Waals surface area contributed by atoms with Crippen molar-refractivity contribution in [2.24, 2.45) is 0 Å². The molecule has 0 radical (unpaired) electrons. The second-order valence-electron chi connectivity index (χ2n) is 13.2. The van der Waals surface area contributed by atoms with Crippen LogP contribution in [0.25, 0.3) is 0 Å². The normalized spacial score (nSPS) is 12.0. The summed E-state index contributed by atoms with van der Waals surface area (Å²) in [5, 5.41) is 0. The fraction of sp³-hybridized carbons (Fsp3) is 0.949. The Morgan fingerprint density at radius 1 is 0.409 bits per heavy atom. The van der Waals surface area contributed by atoms with E-state index in [1.54, 1.807) is 0 Å². The summed E-state index contributed by atoms with van der Waals surface area (Å²) in [5.74, 6) is -0.390. The standard InChI is InChI=1S/C39H76O5/c1-4-7-10-13-16-19-20-22-23-26-29-32-38(40)43-36-37(35-42-34-31-28-25-18-15-12-9-6-3)44-39(41)33-30-27-24-21-17-14-11-8-5-2/h37H,4-36H2,1-3H3. The molecule has 1 atom stereocenters. The molecule has 1 unspecified atom stereocenters. The van der Waals surface area contributed by atoms with Crippen LogP contribution in [-0.2, 0) is 23.8 Å². The van der Waals surface area contributed by atoms with Crippen molar-refractivity contribution >= 4 is 11.9 Å². The van der Waals surface area contributed by atoms with E-state index in [1.165, 1.54) is 148 Å². The summed E-state index contributed by atoms with van der Waals surface area (Å²) in [4.78, 5) is 24.9.